The van der Waals surface area contributed by atoms with Crippen molar-refractivity contribution >= 4 is 22.9 Å². The summed E-state index contributed by atoms with van der Waals surface area (Å²) >= 11 is 0. The molecule has 33 heavy (non-hydrogen) atoms. The number of hydrogen-bond acceptors (Lipinski definition) is 6. The lowest BCUT2D eigenvalue weighted by Gasteiger charge is -2.37. The molecule has 0 bridgehead atoms. The highest BCUT2D eigenvalue weighted by Crippen LogP contribution is 2.33. The van der Waals surface area contributed by atoms with Crippen molar-refractivity contribution in [2.45, 2.75) is 58.0 Å². The van der Waals surface area contributed by atoms with Gasteiger partial charge in [0.15, 0.2) is 11.5 Å². The Bertz CT molecular complexity index is 1070. The summed E-state index contributed by atoms with van der Waals surface area (Å²) in [5.74, 6) is 1.89. The molecule has 0 spiro atoms. The number of benzene rings is 1. The van der Waals surface area contributed by atoms with Crippen LogP contribution < -0.4 is 25.2 Å². The predicted molar refractivity (Wildman–Crippen MR) is 126 cm³/mol. The highest BCUT2D eigenvalue weighted by Gasteiger charge is 2.27. The zero-order valence-electron chi connectivity index (χ0n) is 19.3. The summed E-state index contributed by atoms with van der Waals surface area (Å²) in [6.07, 6.45) is 6.64. The van der Waals surface area contributed by atoms with Crippen molar-refractivity contribution in [1.82, 2.24) is 19.8 Å². The van der Waals surface area contributed by atoms with E-state index in [-0.39, 0.29) is 11.6 Å². The van der Waals surface area contributed by atoms with E-state index in [1.54, 1.807) is 16.7 Å². The maximum absolute atomic E-state index is 13.4. The summed E-state index contributed by atoms with van der Waals surface area (Å²) in [5.41, 5.74) is 0.551. The maximum Gasteiger partial charge on any atom is 0.317 e. The van der Waals surface area contributed by atoms with Crippen molar-refractivity contribution in [2.75, 3.05) is 44.3 Å². The summed E-state index contributed by atoms with van der Waals surface area (Å²) in [5, 5.41) is 3.75. The first-order valence-corrected chi connectivity index (χ1v) is 12.3. The average Bonchev–Trinajstić information content (AvgIpc) is 2.85. The molecule has 2 aliphatic heterocycles. The summed E-state index contributed by atoms with van der Waals surface area (Å²) in [6.45, 7) is 6.12. The molecule has 2 fully saturated rings. The summed E-state index contributed by atoms with van der Waals surface area (Å²) in [7, 11) is 0. The molecule has 1 saturated carbocycles. The third-order valence-electron chi connectivity index (χ3n) is 6.83. The highest BCUT2D eigenvalue weighted by atomic mass is 16.6. The molecule has 0 unspecified atom stereocenters. The number of amides is 2. The first-order chi connectivity index (χ1) is 16.1. The van der Waals surface area contributed by atoms with Crippen molar-refractivity contribution in [3.05, 3.63) is 22.5 Å². The van der Waals surface area contributed by atoms with E-state index in [9.17, 15) is 9.59 Å². The van der Waals surface area contributed by atoms with Gasteiger partial charge in [0.2, 0.25) is 5.95 Å². The van der Waals surface area contributed by atoms with Crippen LogP contribution in [0, 0.1) is 0 Å². The van der Waals surface area contributed by atoms with Gasteiger partial charge in [-0.3, -0.25) is 9.36 Å². The zero-order valence-corrected chi connectivity index (χ0v) is 19.3. The van der Waals surface area contributed by atoms with Gasteiger partial charge in [0.1, 0.15) is 13.2 Å². The number of hydrogen-bond donors (Lipinski definition) is 1. The van der Waals surface area contributed by atoms with Crippen LogP contribution >= 0.6 is 0 Å². The molecule has 1 N–H and O–H groups in total. The van der Waals surface area contributed by atoms with Gasteiger partial charge < -0.3 is 24.6 Å². The molecular weight excluding hydrogens is 422 g/mol. The largest absolute Gasteiger partial charge is 0.486 e. The third-order valence-corrected chi connectivity index (χ3v) is 6.83. The lowest BCUT2D eigenvalue weighted by Crippen LogP contribution is -2.54. The maximum atomic E-state index is 13.4. The van der Waals surface area contributed by atoms with E-state index in [1.165, 1.54) is 19.3 Å². The van der Waals surface area contributed by atoms with Crippen LogP contribution in [-0.2, 0) is 6.54 Å². The molecular formula is C24H33N5O4. The van der Waals surface area contributed by atoms with Crippen molar-refractivity contribution < 1.29 is 14.3 Å². The first-order valence-electron chi connectivity index (χ1n) is 12.3. The van der Waals surface area contributed by atoms with Crippen LogP contribution in [0.2, 0.25) is 0 Å². The number of carbonyl (C=O) groups is 1. The first kappa shape index (κ1) is 21.9. The van der Waals surface area contributed by atoms with Crippen LogP contribution in [0.5, 0.6) is 11.5 Å². The number of piperazine rings is 1. The Hall–Kier alpha value is -2.97. The molecule has 1 aromatic carbocycles. The molecule has 1 saturated heterocycles. The van der Waals surface area contributed by atoms with Crippen molar-refractivity contribution in [3.8, 4) is 11.5 Å². The van der Waals surface area contributed by atoms with Crippen LogP contribution in [0.4, 0.5) is 10.7 Å². The predicted octanol–water partition coefficient (Wildman–Crippen LogP) is 2.74. The van der Waals surface area contributed by atoms with Gasteiger partial charge >= 0.3 is 6.03 Å². The molecule has 0 atom stereocenters. The second kappa shape index (κ2) is 9.49. The van der Waals surface area contributed by atoms with Crippen LogP contribution in [0.3, 0.4) is 0 Å². The Morgan fingerprint density at radius 1 is 1.06 bits per heavy atom. The lowest BCUT2D eigenvalue weighted by atomic mass is 9.96. The van der Waals surface area contributed by atoms with Crippen molar-refractivity contribution in [2.24, 2.45) is 0 Å². The summed E-state index contributed by atoms with van der Waals surface area (Å²) < 4.78 is 13.1. The van der Waals surface area contributed by atoms with Gasteiger partial charge in [-0.2, -0.15) is 0 Å². The molecule has 2 amide bonds. The number of aromatic nitrogens is 2. The van der Waals surface area contributed by atoms with Gasteiger partial charge in [0.05, 0.1) is 10.9 Å². The normalized spacial score (nSPS) is 19.1. The Morgan fingerprint density at radius 3 is 2.45 bits per heavy atom. The van der Waals surface area contributed by atoms with E-state index in [1.807, 2.05) is 4.90 Å². The number of ether oxygens (including phenoxy) is 2. The van der Waals surface area contributed by atoms with E-state index >= 15 is 0 Å². The number of urea groups is 1. The van der Waals surface area contributed by atoms with Crippen molar-refractivity contribution in [3.63, 3.8) is 0 Å². The minimum Gasteiger partial charge on any atom is -0.486 e. The highest BCUT2D eigenvalue weighted by molar-refractivity contribution is 5.83. The molecule has 1 aliphatic carbocycles. The van der Waals surface area contributed by atoms with Crippen LogP contribution in [-0.4, -0.2) is 65.9 Å². The Labute approximate surface area is 193 Å². The number of nitrogens with one attached hydrogen (secondary N) is 1. The summed E-state index contributed by atoms with van der Waals surface area (Å²) in [6, 6.07) is 3.89. The van der Waals surface area contributed by atoms with Gasteiger partial charge in [-0.1, -0.05) is 26.2 Å². The van der Waals surface area contributed by atoms with E-state index in [0.29, 0.717) is 80.3 Å². The van der Waals surface area contributed by atoms with Crippen LogP contribution in [0.15, 0.2) is 16.9 Å². The molecule has 9 nitrogen and oxygen atoms in total. The molecule has 0 radical (unpaired) electrons. The van der Waals surface area contributed by atoms with E-state index in [2.05, 4.69) is 17.1 Å². The van der Waals surface area contributed by atoms with Gasteiger partial charge in [-0.15, -0.1) is 0 Å². The fraction of sp³-hybridized carbons (Fsp3) is 0.625. The SMILES string of the molecule is CCCn1c(N2CCN(C(=O)NC3CCCCC3)CC2)nc2cc3c(cc2c1=O)OCCO3. The van der Waals surface area contributed by atoms with Crippen LogP contribution in [0.1, 0.15) is 45.4 Å². The fourth-order valence-corrected chi connectivity index (χ4v) is 5.04. The number of nitrogens with zero attached hydrogens (tertiary/aromatic N) is 4. The summed E-state index contributed by atoms with van der Waals surface area (Å²) in [4.78, 5) is 35.0. The third kappa shape index (κ3) is 4.45. The number of anilines is 1. The lowest BCUT2D eigenvalue weighted by molar-refractivity contribution is 0.172. The molecule has 1 aromatic heterocycles. The van der Waals surface area contributed by atoms with Crippen molar-refractivity contribution in [1.29, 1.82) is 0 Å². The van der Waals surface area contributed by atoms with Gasteiger partial charge in [0.25, 0.3) is 5.56 Å². The van der Waals surface area contributed by atoms with Gasteiger partial charge in [-0.05, 0) is 25.3 Å². The topological polar surface area (TPSA) is 88.9 Å². The smallest absolute Gasteiger partial charge is 0.317 e. The molecule has 2 aromatic rings. The second-order valence-corrected chi connectivity index (χ2v) is 9.14. The molecule has 5 rings (SSSR count). The zero-order chi connectivity index (χ0) is 22.8. The monoisotopic (exact) mass is 455 g/mol. The molecule has 178 valence electrons. The fourth-order valence-electron chi connectivity index (χ4n) is 5.04. The Balaban J connectivity index is 1.36. The quantitative estimate of drug-likeness (QED) is 0.763. The van der Waals surface area contributed by atoms with E-state index in [4.69, 9.17) is 14.5 Å². The average molecular weight is 456 g/mol. The second-order valence-electron chi connectivity index (χ2n) is 9.14. The number of carbonyl (C=O) groups excluding carboxylic acids is 1. The van der Waals surface area contributed by atoms with Crippen LogP contribution in [0.25, 0.3) is 10.9 Å². The minimum absolute atomic E-state index is 0.0303. The molecule has 3 heterocycles. The number of fused-ring (bicyclic) bond motifs is 2. The minimum atomic E-state index is -0.0636. The van der Waals surface area contributed by atoms with Gasteiger partial charge in [-0.25, -0.2) is 9.78 Å². The van der Waals surface area contributed by atoms with E-state index in [0.717, 1.165) is 19.3 Å². The molecule has 9 heteroatoms. The van der Waals surface area contributed by atoms with E-state index < -0.39 is 0 Å². The number of rotatable bonds is 4. The van der Waals surface area contributed by atoms with Gasteiger partial charge in [0, 0.05) is 44.8 Å². The standard InChI is InChI=1S/C24H33N5O4/c1-2-8-29-22(30)18-15-20-21(33-14-13-32-20)16-19(18)26-23(29)27-9-11-28(12-10-27)24(31)25-17-6-4-3-5-7-17/h15-17H,2-14H2,1H3,(H,25,31). The molecule has 3 aliphatic rings. The Morgan fingerprint density at radius 2 is 1.76 bits per heavy atom. The Kier molecular flexibility index (Phi) is 6.28.